The van der Waals surface area contributed by atoms with E-state index in [-0.39, 0.29) is 0 Å². The summed E-state index contributed by atoms with van der Waals surface area (Å²) >= 11 is 6.03. The number of imidazole rings is 1. The van der Waals surface area contributed by atoms with E-state index in [2.05, 4.69) is 20.9 Å². The van der Waals surface area contributed by atoms with Crippen molar-refractivity contribution >= 4 is 11.6 Å². The van der Waals surface area contributed by atoms with Gasteiger partial charge < -0.3 is 9.88 Å². The Kier molecular flexibility index (Phi) is 3.50. The van der Waals surface area contributed by atoms with Gasteiger partial charge in [-0.15, -0.1) is 0 Å². The van der Waals surface area contributed by atoms with Crippen LogP contribution in [0.25, 0.3) is 11.3 Å². The van der Waals surface area contributed by atoms with Crippen LogP contribution in [0.4, 0.5) is 0 Å². The standard InChI is InChI=1S/C13H16ClN3/c1-9-13(10-5-4-6-11(14)7-10)17(3)12(16-9)8-15-2/h4-7,15H,8H2,1-3H3. The van der Waals surface area contributed by atoms with Gasteiger partial charge in [0, 0.05) is 17.6 Å². The molecule has 1 N–H and O–H groups in total. The predicted molar refractivity (Wildman–Crippen MR) is 71.2 cm³/mol. The van der Waals surface area contributed by atoms with Crippen LogP contribution in [-0.4, -0.2) is 16.6 Å². The molecule has 17 heavy (non-hydrogen) atoms. The molecule has 0 spiro atoms. The number of nitrogens with zero attached hydrogens (tertiary/aromatic N) is 2. The zero-order chi connectivity index (χ0) is 12.4. The Morgan fingerprint density at radius 2 is 2.18 bits per heavy atom. The van der Waals surface area contributed by atoms with Gasteiger partial charge >= 0.3 is 0 Å². The molecular weight excluding hydrogens is 234 g/mol. The third-order valence-corrected chi connectivity index (χ3v) is 3.03. The van der Waals surface area contributed by atoms with Crippen molar-refractivity contribution in [3.8, 4) is 11.3 Å². The summed E-state index contributed by atoms with van der Waals surface area (Å²) in [4.78, 5) is 4.56. The lowest BCUT2D eigenvalue weighted by atomic mass is 10.1. The maximum Gasteiger partial charge on any atom is 0.123 e. The first-order chi connectivity index (χ1) is 8.13. The molecule has 0 atom stereocenters. The highest BCUT2D eigenvalue weighted by molar-refractivity contribution is 6.30. The topological polar surface area (TPSA) is 29.9 Å². The van der Waals surface area contributed by atoms with E-state index >= 15 is 0 Å². The van der Waals surface area contributed by atoms with Crippen molar-refractivity contribution in [3.05, 3.63) is 40.8 Å². The summed E-state index contributed by atoms with van der Waals surface area (Å²) in [6, 6.07) is 7.86. The number of nitrogens with one attached hydrogen (secondary N) is 1. The van der Waals surface area contributed by atoms with E-state index < -0.39 is 0 Å². The Bertz CT molecular complexity index is 531. The molecule has 0 saturated carbocycles. The molecule has 1 aromatic heterocycles. The molecule has 0 saturated heterocycles. The second-order valence-corrected chi connectivity index (χ2v) is 4.50. The molecule has 0 aliphatic carbocycles. The van der Waals surface area contributed by atoms with Crippen LogP contribution in [0.15, 0.2) is 24.3 Å². The Hall–Kier alpha value is -1.32. The minimum Gasteiger partial charge on any atom is -0.330 e. The third kappa shape index (κ3) is 2.35. The summed E-state index contributed by atoms with van der Waals surface area (Å²) in [5.74, 6) is 1.03. The fraction of sp³-hybridized carbons (Fsp3) is 0.308. The van der Waals surface area contributed by atoms with Gasteiger partial charge in [0.05, 0.1) is 17.9 Å². The summed E-state index contributed by atoms with van der Waals surface area (Å²) in [6.07, 6.45) is 0. The van der Waals surface area contributed by atoms with Crippen molar-refractivity contribution < 1.29 is 0 Å². The highest BCUT2D eigenvalue weighted by Crippen LogP contribution is 2.26. The van der Waals surface area contributed by atoms with Crippen LogP contribution in [0.1, 0.15) is 11.5 Å². The molecular formula is C13H16ClN3. The van der Waals surface area contributed by atoms with Gasteiger partial charge in [-0.05, 0) is 26.1 Å². The van der Waals surface area contributed by atoms with Crippen LogP contribution < -0.4 is 5.32 Å². The molecule has 4 heteroatoms. The van der Waals surface area contributed by atoms with E-state index in [9.17, 15) is 0 Å². The average molecular weight is 250 g/mol. The molecule has 0 unspecified atom stereocenters. The monoisotopic (exact) mass is 249 g/mol. The summed E-state index contributed by atoms with van der Waals surface area (Å²) < 4.78 is 2.11. The average Bonchev–Trinajstić information content (AvgIpc) is 2.55. The number of rotatable bonds is 3. The van der Waals surface area contributed by atoms with E-state index in [0.29, 0.717) is 0 Å². The zero-order valence-corrected chi connectivity index (χ0v) is 11.0. The van der Waals surface area contributed by atoms with Gasteiger partial charge in [-0.25, -0.2) is 4.98 Å². The van der Waals surface area contributed by atoms with Crippen LogP contribution in [0.2, 0.25) is 5.02 Å². The van der Waals surface area contributed by atoms with Crippen molar-refractivity contribution in [3.63, 3.8) is 0 Å². The lowest BCUT2D eigenvalue weighted by Crippen LogP contribution is -2.10. The molecule has 3 nitrogen and oxygen atoms in total. The second-order valence-electron chi connectivity index (χ2n) is 4.06. The zero-order valence-electron chi connectivity index (χ0n) is 10.3. The first-order valence-corrected chi connectivity index (χ1v) is 5.94. The minimum atomic E-state index is 0.748. The van der Waals surface area contributed by atoms with Crippen LogP contribution in [0.5, 0.6) is 0 Å². The fourth-order valence-corrected chi connectivity index (χ4v) is 2.24. The highest BCUT2D eigenvalue weighted by atomic mass is 35.5. The maximum atomic E-state index is 6.03. The van der Waals surface area contributed by atoms with Gasteiger partial charge in [0.15, 0.2) is 0 Å². The second kappa shape index (κ2) is 4.90. The van der Waals surface area contributed by atoms with Gasteiger partial charge in [0.2, 0.25) is 0 Å². The first kappa shape index (κ1) is 12.1. The minimum absolute atomic E-state index is 0.748. The van der Waals surface area contributed by atoms with E-state index in [1.165, 1.54) is 0 Å². The maximum absolute atomic E-state index is 6.03. The van der Waals surface area contributed by atoms with Gasteiger partial charge in [0.25, 0.3) is 0 Å². The Labute approximate surface area is 106 Å². The third-order valence-electron chi connectivity index (χ3n) is 2.79. The largest absolute Gasteiger partial charge is 0.330 e. The van der Waals surface area contributed by atoms with Crippen molar-refractivity contribution in [2.45, 2.75) is 13.5 Å². The van der Waals surface area contributed by atoms with Gasteiger partial charge in [-0.3, -0.25) is 0 Å². The molecule has 1 aromatic carbocycles. The smallest absolute Gasteiger partial charge is 0.123 e. The molecule has 0 fully saturated rings. The molecule has 2 aromatic rings. The lowest BCUT2D eigenvalue weighted by molar-refractivity contribution is 0.712. The predicted octanol–water partition coefficient (Wildman–Crippen LogP) is 2.77. The molecule has 2 rings (SSSR count). The number of benzene rings is 1. The van der Waals surface area contributed by atoms with E-state index in [1.54, 1.807) is 0 Å². The number of hydrogen-bond donors (Lipinski definition) is 1. The molecule has 0 bridgehead atoms. The Morgan fingerprint density at radius 1 is 1.41 bits per heavy atom. The SMILES string of the molecule is CNCc1nc(C)c(-c2cccc(Cl)c2)n1C. The van der Waals surface area contributed by atoms with Crippen LogP contribution in [0.3, 0.4) is 0 Å². The van der Waals surface area contributed by atoms with E-state index in [0.717, 1.165) is 34.3 Å². The summed E-state index contributed by atoms with van der Waals surface area (Å²) in [7, 11) is 3.95. The summed E-state index contributed by atoms with van der Waals surface area (Å²) in [5.41, 5.74) is 3.25. The number of hydrogen-bond acceptors (Lipinski definition) is 2. The van der Waals surface area contributed by atoms with Crippen LogP contribution in [-0.2, 0) is 13.6 Å². The van der Waals surface area contributed by atoms with Crippen LogP contribution in [0, 0.1) is 6.92 Å². The Balaban J connectivity index is 2.52. The molecule has 0 aliphatic rings. The van der Waals surface area contributed by atoms with E-state index in [4.69, 9.17) is 11.6 Å². The van der Waals surface area contributed by atoms with Gasteiger partial charge in [-0.2, -0.15) is 0 Å². The first-order valence-electron chi connectivity index (χ1n) is 5.56. The highest BCUT2D eigenvalue weighted by Gasteiger charge is 2.12. The number of halogens is 1. The van der Waals surface area contributed by atoms with Crippen LogP contribution >= 0.6 is 11.6 Å². The van der Waals surface area contributed by atoms with Crippen molar-refractivity contribution in [2.24, 2.45) is 7.05 Å². The lowest BCUT2D eigenvalue weighted by Gasteiger charge is -2.07. The number of aryl methyl sites for hydroxylation is 1. The van der Waals surface area contributed by atoms with E-state index in [1.807, 2.05) is 39.2 Å². The quantitative estimate of drug-likeness (QED) is 0.907. The van der Waals surface area contributed by atoms with Gasteiger partial charge in [-0.1, -0.05) is 23.7 Å². The molecule has 1 heterocycles. The van der Waals surface area contributed by atoms with Crippen molar-refractivity contribution in [2.75, 3.05) is 7.05 Å². The van der Waals surface area contributed by atoms with Crippen molar-refractivity contribution in [1.29, 1.82) is 0 Å². The Morgan fingerprint density at radius 3 is 2.82 bits per heavy atom. The molecule has 90 valence electrons. The molecule has 0 amide bonds. The normalized spacial score (nSPS) is 10.8. The molecule has 0 aliphatic heterocycles. The molecule has 0 radical (unpaired) electrons. The number of aromatic nitrogens is 2. The van der Waals surface area contributed by atoms with Crippen molar-refractivity contribution in [1.82, 2.24) is 14.9 Å². The fourth-order valence-electron chi connectivity index (χ4n) is 2.05. The summed E-state index contributed by atoms with van der Waals surface area (Å²) in [6.45, 7) is 2.79. The summed E-state index contributed by atoms with van der Waals surface area (Å²) in [5, 5.41) is 3.87. The van der Waals surface area contributed by atoms with Gasteiger partial charge in [0.1, 0.15) is 5.82 Å².